The van der Waals surface area contributed by atoms with Crippen LogP contribution in [0.15, 0.2) is 34.4 Å². The summed E-state index contributed by atoms with van der Waals surface area (Å²) in [4.78, 5) is 15.3. The van der Waals surface area contributed by atoms with Crippen molar-refractivity contribution in [2.24, 2.45) is 0 Å². The smallest absolute Gasteiger partial charge is 0.283 e. The van der Waals surface area contributed by atoms with E-state index in [4.69, 9.17) is 0 Å². The van der Waals surface area contributed by atoms with E-state index in [1.165, 1.54) is 6.07 Å². The number of rotatable bonds is 4. The number of nitro benzene ring substituents is 1. The first-order valence-electron chi connectivity index (χ1n) is 4.72. The highest BCUT2D eigenvalue weighted by Gasteiger charge is 2.11. The molecule has 0 fully saturated rings. The fourth-order valence-corrected chi connectivity index (χ4v) is 2.34. The van der Waals surface area contributed by atoms with Crippen LogP contribution in [-0.2, 0) is 6.54 Å². The van der Waals surface area contributed by atoms with Crippen molar-refractivity contribution in [3.8, 4) is 0 Å². The Morgan fingerprint density at radius 1 is 1.53 bits per heavy atom. The summed E-state index contributed by atoms with van der Waals surface area (Å²) in [5.41, 5.74) is 2.66. The van der Waals surface area contributed by atoms with Crippen LogP contribution >= 0.6 is 27.3 Å². The lowest BCUT2D eigenvalue weighted by molar-refractivity contribution is -0.385. The zero-order valence-corrected chi connectivity index (χ0v) is 11.0. The number of benzene rings is 1. The summed E-state index contributed by atoms with van der Waals surface area (Å²) in [5.74, 6) is 0. The number of nitrogens with one attached hydrogen (secondary N) is 1. The lowest BCUT2D eigenvalue weighted by atomic mass is 10.3. The molecule has 1 N–H and O–H groups in total. The Morgan fingerprint density at radius 3 is 2.94 bits per heavy atom. The standard InChI is InChI=1S/C10H8BrN3O2S/c11-9-3-7(1-2-10(9)14(15)16)13-5-8-4-12-6-17-8/h1-4,6,13H,5H2. The van der Waals surface area contributed by atoms with Crippen LogP contribution in [0.2, 0.25) is 0 Å². The number of hydrogen-bond donors (Lipinski definition) is 1. The van der Waals surface area contributed by atoms with E-state index in [0.29, 0.717) is 11.0 Å². The molecular weight excluding hydrogens is 306 g/mol. The first kappa shape index (κ1) is 12.0. The Balaban J connectivity index is 2.07. The molecule has 1 aromatic carbocycles. The third-order valence-corrected chi connectivity index (χ3v) is 3.51. The number of anilines is 1. The molecule has 1 aromatic heterocycles. The van der Waals surface area contributed by atoms with Gasteiger partial charge in [-0.1, -0.05) is 0 Å². The van der Waals surface area contributed by atoms with Crippen LogP contribution < -0.4 is 5.32 Å². The Kier molecular flexibility index (Phi) is 3.70. The molecule has 0 saturated carbocycles. The van der Waals surface area contributed by atoms with Gasteiger partial charge < -0.3 is 5.32 Å². The number of nitro groups is 1. The summed E-state index contributed by atoms with van der Waals surface area (Å²) in [7, 11) is 0. The number of hydrogen-bond acceptors (Lipinski definition) is 5. The molecule has 0 amide bonds. The van der Waals surface area contributed by atoms with Crippen molar-refractivity contribution in [3.63, 3.8) is 0 Å². The van der Waals surface area contributed by atoms with E-state index in [0.717, 1.165) is 10.6 Å². The molecule has 17 heavy (non-hydrogen) atoms. The Bertz CT molecular complexity index is 530. The van der Waals surface area contributed by atoms with Gasteiger partial charge in [-0.25, -0.2) is 0 Å². The summed E-state index contributed by atoms with van der Waals surface area (Å²) in [6.45, 7) is 0.662. The summed E-state index contributed by atoms with van der Waals surface area (Å²) >= 11 is 4.74. The van der Waals surface area contributed by atoms with Gasteiger partial charge in [-0.3, -0.25) is 15.1 Å². The van der Waals surface area contributed by atoms with Crippen molar-refractivity contribution in [2.75, 3.05) is 5.32 Å². The van der Waals surface area contributed by atoms with Gasteiger partial charge in [-0.2, -0.15) is 0 Å². The molecule has 0 spiro atoms. The van der Waals surface area contributed by atoms with Gasteiger partial charge in [0.15, 0.2) is 0 Å². The summed E-state index contributed by atoms with van der Waals surface area (Å²) in [5, 5.41) is 13.8. The third-order valence-electron chi connectivity index (χ3n) is 2.09. The number of thiazole rings is 1. The minimum absolute atomic E-state index is 0.0633. The molecule has 1 heterocycles. The number of halogens is 1. The van der Waals surface area contributed by atoms with E-state index in [-0.39, 0.29) is 5.69 Å². The molecule has 5 nitrogen and oxygen atoms in total. The van der Waals surface area contributed by atoms with Crippen molar-refractivity contribution < 1.29 is 4.92 Å². The Morgan fingerprint density at radius 2 is 2.35 bits per heavy atom. The average molecular weight is 314 g/mol. The van der Waals surface area contributed by atoms with Crippen molar-refractivity contribution >= 4 is 38.6 Å². The van der Waals surface area contributed by atoms with Gasteiger partial charge in [0.25, 0.3) is 5.69 Å². The Hall–Kier alpha value is -1.47. The molecule has 0 saturated heterocycles. The molecule has 0 bridgehead atoms. The van der Waals surface area contributed by atoms with Crippen molar-refractivity contribution in [2.45, 2.75) is 6.54 Å². The van der Waals surface area contributed by atoms with Gasteiger partial charge in [0, 0.05) is 22.8 Å². The van der Waals surface area contributed by atoms with Gasteiger partial charge in [-0.05, 0) is 28.1 Å². The van der Waals surface area contributed by atoms with Crippen LogP contribution in [0.5, 0.6) is 0 Å². The van der Waals surface area contributed by atoms with Crippen LogP contribution in [0, 0.1) is 10.1 Å². The van der Waals surface area contributed by atoms with E-state index >= 15 is 0 Å². The summed E-state index contributed by atoms with van der Waals surface area (Å²) < 4.78 is 0.469. The monoisotopic (exact) mass is 313 g/mol. The first-order valence-corrected chi connectivity index (χ1v) is 6.39. The quantitative estimate of drug-likeness (QED) is 0.693. The van der Waals surface area contributed by atoms with E-state index in [9.17, 15) is 10.1 Å². The van der Waals surface area contributed by atoms with Gasteiger partial charge in [0.2, 0.25) is 0 Å². The molecule has 0 aliphatic rings. The zero-order chi connectivity index (χ0) is 12.3. The molecule has 0 unspecified atom stereocenters. The van der Waals surface area contributed by atoms with Crippen molar-refractivity contribution in [1.82, 2.24) is 4.98 Å². The van der Waals surface area contributed by atoms with E-state index < -0.39 is 4.92 Å². The molecule has 0 radical (unpaired) electrons. The largest absolute Gasteiger partial charge is 0.380 e. The van der Waals surface area contributed by atoms with E-state index in [1.54, 1.807) is 35.2 Å². The van der Waals surface area contributed by atoms with Crippen LogP contribution in [0.4, 0.5) is 11.4 Å². The van der Waals surface area contributed by atoms with Gasteiger partial charge in [0.1, 0.15) is 0 Å². The lowest BCUT2D eigenvalue weighted by Crippen LogP contribution is -1.98. The van der Waals surface area contributed by atoms with Crippen LogP contribution in [0.25, 0.3) is 0 Å². The molecule has 88 valence electrons. The third kappa shape index (κ3) is 3.01. The second-order valence-corrected chi connectivity index (χ2v) is 5.07. The fourth-order valence-electron chi connectivity index (χ4n) is 1.28. The highest BCUT2D eigenvalue weighted by molar-refractivity contribution is 9.10. The van der Waals surface area contributed by atoms with Gasteiger partial charge in [0.05, 0.1) is 21.5 Å². The highest BCUT2D eigenvalue weighted by atomic mass is 79.9. The average Bonchev–Trinajstić information content (AvgIpc) is 2.78. The zero-order valence-electron chi connectivity index (χ0n) is 8.59. The van der Waals surface area contributed by atoms with Crippen LogP contribution in [0.3, 0.4) is 0 Å². The summed E-state index contributed by atoms with van der Waals surface area (Å²) in [6, 6.07) is 4.85. The topological polar surface area (TPSA) is 68.1 Å². The molecule has 0 atom stereocenters. The minimum atomic E-state index is -0.420. The first-order chi connectivity index (χ1) is 8.16. The predicted molar refractivity (Wildman–Crippen MR) is 70.2 cm³/mol. The second-order valence-electron chi connectivity index (χ2n) is 3.24. The number of aromatic nitrogens is 1. The van der Waals surface area contributed by atoms with Gasteiger partial charge >= 0.3 is 0 Å². The van der Waals surface area contributed by atoms with Crippen molar-refractivity contribution in [3.05, 3.63) is 49.4 Å². The molecule has 2 aromatic rings. The SMILES string of the molecule is O=[N+]([O-])c1ccc(NCc2cncs2)cc1Br. The second kappa shape index (κ2) is 5.24. The molecule has 0 aliphatic carbocycles. The highest BCUT2D eigenvalue weighted by Crippen LogP contribution is 2.27. The normalized spacial score (nSPS) is 10.2. The maximum atomic E-state index is 10.6. The Labute approximate surface area is 110 Å². The summed E-state index contributed by atoms with van der Waals surface area (Å²) in [6.07, 6.45) is 1.79. The maximum Gasteiger partial charge on any atom is 0.283 e. The molecule has 7 heteroatoms. The predicted octanol–water partition coefficient (Wildman–Crippen LogP) is 3.43. The number of nitrogens with zero attached hydrogens (tertiary/aromatic N) is 2. The van der Waals surface area contributed by atoms with Crippen LogP contribution in [0.1, 0.15) is 4.88 Å². The lowest BCUT2D eigenvalue weighted by Gasteiger charge is -2.05. The minimum Gasteiger partial charge on any atom is -0.380 e. The maximum absolute atomic E-state index is 10.6. The molecular formula is C10H8BrN3O2S. The fraction of sp³-hybridized carbons (Fsp3) is 0.100. The van der Waals surface area contributed by atoms with E-state index in [2.05, 4.69) is 26.2 Å². The molecule has 0 aliphatic heterocycles. The van der Waals surface area contributed by atoms with Gasteiger partial charge in [-0.15, -0.1) is 11.3 Å². The van der Waals surface area contributed by atoms with E-state index in [1.807, 2.05) is 0 Å². The molecule has 2 rings (SSSR count). The van der Waals surface area contributed by atoms with Crippen LogP contribution in [-0.4, -0.2) is 9.91 Å². The van der Waals surface area contributed by atoms with Crippen molar-refractivity contribution in [1.29, 1.82) is 0 Å².